The Bertz CT molecular complexity index is 416. The smallest absolute Gasteiger partial charge is 0.191 e. The van der Waals surface area contributed by atoms with E-state index in [4.69, 9.17) is 4.74 Å². The molecule has 2 N–H and O–H groups in total. The fraction of sp³-hybridized carbons (Fsp3) is 0.950. The Morgan fingerprint density at radius 1 is 1.15 bits per heavy atom. The van der Waals surface area contributed by atoms with E-state index in [1.165, 1.54) is 58.5 Å². The van der Waals surface area contributed by atoms with Crippen molar-refractivity contribution in [2.45, 2.75) is 39.5 Å². The molecule has 6 nitrogen and oxygen atoms in total. The van der Waals surface area contributed by atoms with Gasteiger partial charge >= 0.3 is 0 Å². The Balaban J connectivity index is 1.65. The molecule has 0 aromatic heterocycles. The van der Waals surface area contributed by atoms with Crippen LogP contribution < -0.4 is 10.6 Å². The van der Waals surface area contributed by atoms with E-state index in [0.29, 0.717) is 11.3 Å². The van der Waals surface area contributed by atoms with Gasteiger partial charge in [-0.05, 0) is 37.1 Å². The molecule has 1 saturated heterocycles. The SMILES string of the molecule is CCN1CCN(CC(C)CNC(=NC)NCC2(CCOC)CCC2)CC1. The second-order valence-electron chi connectivity index (χ2n) is 8.24. The zero-order valence-electron chi connectivity index (χ0n) is 17.5. The predicted octanol–water partition coefficient (Wildman–Crippen LogP) is 1.63. The third-order valence-corrected chi connectivity index (χ3v) is 6.21. The summed E-state index contributed by atoms with van der Waals surface area (Å²) < 4.78 is 5.29. The molecule has 152 valence electrons. The van der Waals surface area contributed by atoms with Gasteiger partial charge in [-0.2, -0.15) is 0 Å². The number of piperazine rings is 1. The first-order chi connectivity index (χ1) is 12.6. The van der Waals surface area contributed by atoms with Gasteiger partial charge in [-0.1, -0.05) is 20.3 Å². The lowest BCUT2D eigenvalue weighted by Crippen LogP contribution is -2.50. The summed E-state index contributed by atoms with van der Waals surface area (Å²) in [6.07, 6.45) is 5.11. The standard InChI is InChI=1S/C20H41N5O/c1-5-24-10-12-25(13-11-24)16-18(2)15-22-19(21-3)23-17-20(7-6-8-20)9-14-26-4/h18H,5-17H2,1-4H3,(H2,21,22,23). The zero-order valence-corrected chi connectivity index (χ0v) is 17.5. The van der Waals surface area contributed by atoms with Crippen LogP contribution in [-0.2, 0) is 4.74 Å². The van der Waals surface area contributed by atoms with Crippen LogP contribution >= 0.6 is 0 Å². The lowest BCUT2D eigenvalue weighted by atomic mass is 9.67. The van der Waals surface area contributed by atoms with Crippen LogP contribution in [0, 0.1) is 11.3 Å². The Kier molecular flexibility index (Phi) is 9.16. The summed E-state index contributed by atoms with van der Waals surface area (Å²) in [6.45, 7) is 14.6. The second kappa shape index (κ2) is 11.1. The molecule has 1 saturated carbocycles. The largest absolute Gasteiger partial charge is 0.385 e. The third-order valence-electron chi connectivity index (χ3n) is 6.21. The van der Waals surface area contributed by atoms with Crippen molar-refractivity contribution < 1.29 is 4.74 Å². The van der Waals surface area contributed by atoms with E-state index < -0.39 is 0 Å². The number of hydrogen-bond donors (Lipinski definition) is 2. The number of aliphatic imine (C=N–C) groups is 1. The lowest BCUT2D eigenvalue weighted by Gasteiger charge is -2.42. The molecule has 26 heavy (non-hydrogen) atoms. The minimum atomic E-state index is 0.415. The summed E-state index contributed by atoms with van der Waals surface area (Å²) in [5.41, 5.74) is 0.415. The zero-order chi connectivity index (χ0) is 18.8. The van der Waals surface area contributed by atoms with Gasteiger partial charge in [-0.3, -0.25) is 4.99 Å². The molecule has 2 aliphatic rings. The molecule has 1 atom stereocenters. The molecule has 0 spiro atoms. The number of ether oxygens (including phenoxy) is 1. The fourth-order valence-electron chi connectivity index (χ4n) is 4.07. The van der Waals surface area contributed by atoms with Crippen molar-refractivity contribution in [2.24, 2.45) is 16.3 Å². The normalized spacial score (nSPS) is 22.7. The number of methoxy groups -OCH3 is 1. The number of likely N-dealkylation sites (N-methyl/N-ethyl adjacent to an activating group) is 1. The van der Waals surface area contributed by atoms with E-state index in [2.05, 4.69) is 39.3 Å². The highest BCUT2D eigenvalue weighted by Crippen LogP contribution is 2.43. The summed E-state index contributed by atoms with van der Waals surface area (Å²) in [7, 11) is 3.66. The van der Waals surface area contributed by atoms with E-state index in [1.54, 1.807) is 7.11 Å². The Hall–Kier alpha value is -0.850. The lowest BCUT2D eigenvalue weighted by molar-refractivity contribution is 0.0732. The highest BCUT2D eigenvalue weighted by molar-refractivity contribution is 5.79. The third kappa shape index (κ3) is 6.71. The molecule has 2 rings (SSSR count). The van der Waals surface area contributed by atoms with Crippen LogP contribution in [0.25, 0.3) is 0 Å². The van der Waals surface area contributed by atoms with Crippen LogP contribution in [0.1, 0.15) is 39.5 Å². The van der Waals surface area contributed by atoms with Crippen molar-refractivity contribution in [1.29, 1.82) is 0 Å². The quantitative estimate of drug-likeness (QED) is 0.454. The minimum absolute atomic E-state index is 0.415. The molecule has 1 heterocycles. The first-order valence-corrected chi connectivity index (χ1v) is 10.5. The van der Waals surface area contributed by atoms with Gasteiger partial charge in [0.05, 0.1) is 0 Å². The van der Waals surface area contributed by atoms with Gasteiger partial charge in [0.2, 0.25) is 0 Å². The Morgan fingerprint density at radius 2 is 1.85 bits per heavy atom. The van der Waals surface area contributed by atoms with Gasteiger partial charge in [0.15, 0.2) is 5.96 Å². The van der Waals surface area contributed by atoms with Crippen LogP contribution in [0.2, 0.25) is 0 Å². The van der Waals surface area contributed by atoms with E-state index in [-0.39, 0.29) is 0 Å². The van der Waals surface area contributed by atoms with Crippen LogP contribution in [0.4, 0.5) is 0 Å². The highest BCUT2D eigenvalue weighted by Gasteiger charge is 2.36. The van der Waals surface area contributed by atoms with Gasteiger partial charge in [-0.25, -0.2) is 0 Å². The Morgan fingerprint density at radius 3 is 2.38 bits per heavy atom. The first-order valence-electron chi connectivity index (χ1n) is 10.5. The number of hydrogen-bond acceptors (Lipinski definition) is 4. The summed E-state index contributed by atoms with van der Waals surface area (Å²) >= 11 is 0. The molecule has 1 aliphatic heterocycles. The molecule has 2 fully saturated rings. The van der Waals surface area contributed by atoms with Crippen molar-refractivity contribution in [1.82, 2.24) is 20.4 Å². The highest BCUT2D eigenvalue weighted by atomic mass is 16.5. The summed E-state index contributed by atoms with van der Waals surface area (Å²) in [5, 5.41) is 7.08. The average molecular weight is 368 g/mol. The van der Waals surface area contributed by atoms with Crippen LogP contribution in [-0.4, -0.2) is 88.9 Å². The molecule has 0 aromatic carbocycles. The summed E-state index contributed by atoms with van der Waals surface area (Å²) in [4.78, 5) is 9.55. The number of guanidine groups is 1. The number of nitrogens with one attached hydrogen (secondary N) is 2. The molecule has 1 aliphatic carbocycles. The molecule has 0 amide bonds. The van der Waals surface area contributed by atoms with Gasteiger partial charge < -0.3 is 25.2 Å². The molecular formula is C20H41N5O. The van der Waals surface area contributed by atoms with Gasteiger partial charge in [-0.15, -0.1) is 0 Å². The topological polar surface area (TPSA) is 52.1 Å². The van der Waals surface area contributed by atoms with Gasteiger partial charge in [0.1, 0.15) is 0 Å². The van der Waals surface area contributed by atoms with Crippen molar-refractivity contribution in [3.63, 3.8) is 0 Å². The molecule has 1 unspecified atom stereocenters. The van der Waals surface area contributed by atoms with Gasteiger partial charge in [0, 0.05) is 66.6 Å². The molecule has 0 radical (unpaired) electrons. The van der Waals surface area contributed by atoms with E-state index in [1.807, 2.05) is 7.05 Å². The summed E-state index contributed by atoms with van der Waals surface area (Å²) in [5.74, 6) is 1.56. The van der Waals surface area contributed by atoms with Crippen LogP contribution in [0.5, 0.6) is 0 Å². The van der Waals surface area contributed by atoms with Gasteiger partial charge in [0.25, 0.3) is 0 Å². The first kappa shape index (κ1) is 21.5. The van der Waals surface area contributed by atoms with Crippen molar-refractivity contribution >= 4 is 5.96 Å². The van der Waals surface area contributed by atoms with Crippen LogP contribution in [0.15, 0.2) is 4.99 Å². The molecular weight excluding hydrogens is 326 g/mol. The van der Waals surface area contributed by atoms with Crippen molar-refractivity contribution in [3.8, 4) is 0 Å². The molecule has 0 bridgehead atoms. The monoisotopic (exact) mass is 367 g/mol. The maximum Gasteiger partial charge on any atom is 0.191 e. The Labute approximate surface area is 160 Å². The van der Waals surface area contributed by atoms with E-state index in [0.717, 1.165) is 32.1 Å². The maximum atomic E-state index is 5.29. The average Bonchev–Trinajstić information content (AvgIpc) is 2.63. The van der Waals surface area contributed by atoms with Crippen LogP contribution in [0.3, 0.4) is 0 Å². The van der Waals surface area contributed by atoms with E-state index >= 15 is 0 Å². The molecule has 0 aromatic rings. The predicted molar refractivity (Wildman–Crippen MR) is 110 cm³/mol. The molecule has 6 heteroatoms. The maximum absolute atomic E-state index is 5.29. The number of rotatable bonds is 10. The number of nitrogens with zero attached hydrogens (tertiary/aromatic N) is 3. The summed E-state index contributed by atoms with van der Waals surface area (Å²) in [6, 6.07) is 0. The van der Waals surface area contributed by atoms with Crippen molar-refractivity contribution in [3.05, 3.63) is 0 Å². The fourth-order valence-corrected chi connectivity index (χ4v) is 4.07. The van der Waals surface area contributed by atoms with E-state index in [9.17, 15) is 0 Å². The minimum Gasteiger partial charge on any atom is -0.385 e. The second-order valence-corrected chi connectivity index (χ2v) is 8.24. The van der Waals surface area contributed by atoms with Crippen molar-refractivity contribution in [2.75, 3.05) is 73.1 Å².